The molecule has 0 saturated carbocycles. The van der Waals surface area contributed by atoms with Crippen molar-refractivity contribution in [2.75, 3.05) is 13.0 Å². The SMILES string of the molecule is COC(=O)NCS(=O)(=O)O. The molecule has 0 saturated heterocycles. The van der Waals surface area contributed by atoms with Crippen LogP contribution in [0, 0.1) is 0 Å². The fraction of sp³-hybridized carbons (Fsp3) is 0.667. The van der Waals surface area contributed by atoms with Crippen molar-refractivity contribution in [3.05, 3.63) is 0 Å². The maximum atomic E-state index is 10.1. The molecule has 7 heteroatoms. The average Bonchev–Trinajstić information content (AvgIpc) is 1.81. The van der Waals surface area contributed by atoms with Gasteiger partial charge in [-0.05, 0) is 0 Å². The van der Waals surface area contributed by atoms with Gasteiger partial charge in [0.15, 0.2) is 0 Å². The van der Waals surface area contributed by atoms with Crippen LogP contribution in [0.1, 0.15) is 0 Å². The lowest BCUT2D eigenvalue weighted by Crippen LogP contribution is -2.28. The Kier molecular flexibility index (Phi) is 3.10. The Bertz CT molecular complexity index is 207. The van der Waals surface area contributed by atoms with Gasteiger partial charge in [0.2, 0.25) is 0 Å². The monoisotopic (exact) mass is 169 g/mol. The van der Waals surface area contributed by atoms with Crippen LogP contribution in [0.4, 0.5) is 4.79 Å². The molecule has 1 amide bonds. The minimum absolute atomic E-state index is 0.834. The summed E-state index contributed by atoms with van der Waals surface area (Å²) < 4.78 is 32.0. The third kappa shape index (κ3) is 5.32. The van der Waals surface area contributed by atoms with E-state index < -0.39 is 22.1 Å². The van der Waals surface area contributed by atoms with Gasteiger partial charge in [-0.1, -0.05) is 0 Å². The Morgan fingerprint density at radius 3 is 2.50 bits per heavy atom. The second kappa shape index (κ2) is 3.37. The number of carbonyl (C=O) groups is 1. The fourth-order valence-electron chi connectivity index (χ4n) is 0.222. The molecule has 0 aromatic rings. The summed E-state index contributed by atoms with van der Waals surface area (Å²) >= 11 is 0. The lowest BCUT2D eigenvalue weighted by molar-refractivity contribution is 0.172. The molecule has 0 fully saturated rings. The molecule has 0 aromatic carbocycles. The molecule has 10 heavy (non-hydrogen) atoms. The zero-order chi connectivity index (χ0) is 8.20. The first-order chi connectivity index (χ1) is 4.45. The summed E-state index contributed by atoms with van der Waals surface area (Å²) in [4.78, 5) is 10.1. The molecular formula is C3H7NO5S. The van der Waals surface area contributed by atoms with E-state index in [0.717, 1.165) is 7.11 Å². The molecule has 60 valence electrons. The molecule has 0 atom stereocenters. The zero-order valence-corrected chi connectivity index (χ0v) is 6.01. The Hall–Kier alpha value is -0.820. The Labute approximate surface area is 57.9 Å². The zero-order valence-electron chi connectivity index (χ0n) is 5.20. The van der Waals surface area contributed by atoms with Gasteiger partial charge in [0, 0.05) is 0 Å². The van der Waals surface area contributed by atoms with Crippen molar-refractivity contribution in [1.29, 1.82) is 0 Å². The molecule has 0 aliphatic rings. The maximum Gasteiger partial charge on any atom is 0.407 e. The van der Waals surface area contributed by atoms with Crippen molar-refractivity contribution >= 4 is 16.2 Å². The third-order valence-electron chi connectivity index (χ3n) is 0.584. The van der Waals surface area contributed by atoms with E-state index in [1.807, 2.05) is 0 Å². The molecule has 0 unspecified atom stereocenters. The van der Waals surface area contributed by atoms with Crippen LogP contribution in [0.3, 0.4) is 0 Å². The number of hydrogen-bond donors (Lipinski definition) is 2. The Morgan fingerprint density at radius 1 is 1.70 bits per heavy atom. The van der Waals surface area contributed by atoms with Crippen LogP contribution < -0.4 is 5.32 Å². The minimum Gasteiger partial charge on any atom is -0.453 e. The van der Waals surface area contributed by atoms with Gasteiger partial charge < -0.3 is 10.1 Å². The van der Waals surface area contributed by atoms with Crippen LogP contribution >= 0.6 is 0 Å². The smallest absolute Gasteiger partial charge is 0.407 e. The first-order valence-corrected chi connectivity index (χ1v) is 3.83. The first-order valence-electron chi connectivity index (χ1n) is 2.22. The van der Waals surface area contributed by atoms with E-state index in [0.29, 0.717) is 0 Å². The number of alkyl carbamates (subject to hydrolysis) is 1. The van der Waals surface area contributed by atoms with Gasteiger partial charge in [-0.3, -0.25) is 4.55 Å². The van der Waals surface area contributed by atoms with Gasteiger partial charge in [-0.25, -0.2) is 4.79 Å². The fourth-order valence-corrected chi connectivity index (χ4v) is 0.523. The lowest BCUT2D eigenvalue weighted by Gasteiger charge is -1.98. The number of hydrogen-bond acceptors (Lipinski definition) is 4. The summed E-state index contributed by atoms with van der Waals surface area (Å²) in [5, 5.41) is 1.77. The molecule has 0 radical (unpaired) electrons. The summed E-state index contributed by atoms with van der Waals surface area (Å²) in [6.45, 7) is 0. The van der Waals surface area contributed by atoms with E-state index >= 15 is 0 Å². The number of methoxy groups -OCH3 is 1. The van der Waals surface area contributed by atoms with E-state index in [9.17, 15) is 13.2 Å². The van der Waals surface area contributed by atoms with E-state index in [2.05, 4.69) is 4.74 Å². The third-order valence-corrected chi connectivity index (χ3v) is 1.09. The lowest BCUT2D eigenvalue weighted by atomic mass is 11.1. The predicted molar refractivity (Wildman–Crippen MR) is 32.0 cm³/mol. The van der Waals surface area contributed by atoms with Gasteiger partial charge in [-0.2, -0.15) is 8.42 Å². The molecule has 0 aromatic heterocycles. The number of carbonyl (C=O) groups excluding carboxylic acids is 1. The van der Waals surface area contributed by atoms with Crippen molar-refractivity contribution in [3.8, 4) is 0 Å². The van der Waals surface area contributed by atoms with Gasteiger partial charge >= 0.3 is 6.09 Å². The molecule has 2 N–H and O–H groups in total. The standard InChI is InChI=1S/C3H7NO5S/c1-9-3(5)4-2-10(6,7)8/h2H2,1H3,(H,4,5)(H,6,7,8). The molecular weight excluding hydrogens is 162 g/mol. The molecule has 0 spiro atoms. The Balaban J connectivity index is 3.67. The second-order valence-corrected chi connectivity index (χ2v) is 2.85. The van der Waals surface area contributed by atoms with Crippen LogP contribution in [0.15, 0.2) is 0 Å². The van der Waals surface area contributed by atoms with E-state index in [-0.39, 0.29) is 0 Å². The highest BCUT2D eigenvalue weighted by Gasteiger charge is 2.06. The van der Waals surface area contributed by atoms with Gasteiger partial charge in [0.25, 0.3) is 10.1 Å². The van der Waals surface area contributed by atoms with Crippen LogP contribution in [0.25, 0.3) is 0 Å². The van der Waals surface area contributed by atoms with Crippen molar-refractivity contribution in [2.45, 2.75) is 0 Å². The quantitative estimate of drug-likeness (QED) is 0.527. The summed E-state index contributed by atoms with van der Waals surface area (Å²) in [6.07, 6.45) is -0.905. The van der Waals surface area contributed by atoms with E-state index in [4.69, 9.17) is 4.55 Å². The number of rotatable bonds is 2. The molecule has 0 bridgehead atoms. The second-order valence-electron chi connectivity index (χ2n) is 1.39. The summed E-state index contributed by atoms with van der Waals surface area (Å²) in [7, 11) is -3.06. The topological polar surface area (TPSA) is 92.7 Å². The van der Waals surface area contributed by atoms with Gasteiger partial charge in [0.05, 0.1) is 7.11 Å². The highest BCUT2D eigenvalue weighted by molar-refractivity contribution is 7.85. The molecule has 0 rings (SSSR count). The van der Waals surface area contributed by atoms with E-state index in [1.54, 1.807) is 5.32 Å². The molecule has 6 nitrogen and oxygen atoms in total. The summed E-state index contributed by atoms with van der Waals surface area (Å²) in [5.74, 6) is -0.834. The van der Waals surface area contributed by atoms with E-state index in [1.165, 1.54) is 0 Å². The van der Waals surface area contributed by atoms with Gasteiger partial charge in [-0.15, -0.1) is 0 Å². The molecule has 0 aliphatic heterocycles. The highest BCUT2D eigenvalue weighted by atomic mass is 32.2. The van der Waals surface area contributed by atoms with Crippen LogP contribution in [-0.4, -0.2) is 32.1 Å². The van der Waals surface area contributed by atoms with Crippen molar-refractivity contribution in [3.63, 3.8) is 0 Å². The largest absolute Gasteiger partial charge is 0.453 e. The normalized spacial score (nSPS) is 10.6. The van der Waals surface area contributed by atoms with Crippen molar-refractivity contribution in [1.82, 2.24) is 5.32 Å². The number of ether oxygens (including phenoxy) is 1. The van der Waals surface area contributed by atoms with Crippen molar-refractivity contribution < 1.29 is 22.5 Å². The maximum absolute atomic E-state index is 10.1. The van der Waals surface area contributed by atoms with Crippen molar-refractivity contribution in [2.24, 2.45) is 0 Å². The summed E-state index contributed by atoms with van der Waals surface area (Å²) in [5.41, 5.74) is 0. The molecule has 0 aliphatic carbocycles. The summed E-state index contributed by atoms with van der Waals surface area (Å²) in [6, 6.07) is 0. The number of amides is 1. The first kappa shape index (κ1) is 9.18. The van der Waals surface area contributed by atoms with Crippen LogP contribution in [0.2, 0.25) is 0 Å². The highest BCUT2D eigenvalue weighted by Crippen LogP contribution is 1.77. The predicted octanol–water partition coefficient (Wildman–Crippen LogP) is -0.812. The Morgan fingerprint density at radius 2 is 2.20 bits per heavy atom. The van der Waals surface area contributed by atoms with Crippen LogP contribution in [0.5, 0.6) is 0 Å². The van der Waals surface area contributed by atoms with Gasteiger partial charge in [0.1, 0.15) is 5.88 Å². The van der Waals surface area contributed by atoms with Crippen LogP contribution in [-0.2, 0) is 14.9 Å². The number of nitrogens with one attached hydrogen (secondary N) is 1. The minimum atomic E-state index is -4.14. The average molecular weight is 169 g/mol. The molecule has 0 heterocycles.